The summed E-state index contributed by atoms with van der Waals surface area (Å²) in [6.07, 6.45) is 0. The van der Waals surface area contributed by atoms with Gasteiger partial charge in [-0.15, -0.1) is 11.3 Å². The van der Waals surface area contributed by atoms with Gasteiger partial charge in [0.15, 0.2) is 0 Å². The molecule has 2 rings (SSSR count). The first kappa shape index (κ1) is 14.3. The molecule has 0 atom stereocenters. The van der Waals surface area contributed by atoms with Crippen molar-refractivity contribution in [3.63, 3.8) is 0 Å². The van der Waals surface area contributed by atoms with Gasteiger partial charge < -0.3 is 11.1 Å². The number of carbonyl (C=O) groups is 2. The van der Waals surface area contributed by atoms with E-state index in [1.807, 2.05) is 0 Å². The van der Waals surface area contributed by atoms with E-state index in [-0.39, 0.29) is 5.91 Å². The van der Waals surface area contributed by atoms with Gasteiger partial charge in [0.05, 0.1) is 10.6 Å². The minimum absolute atomic E-state index is 0.301. The van der Waals surface area contributed by atoms with E-state index in [1.54, 1.807) is 29.6 Å². The lowest BCUT2D eigenvalue weighted by molar-refractivity contribution is 0.100. The van der Waals surface area contributed by atoms with Crippen LogP contribution in [0, 0.1) is 3.57 Å². The summed E-state index contributed by atoms with van der Waals surface area (Å²) < 4.78 is 0.866. The molecule has 0 saturated carbocycles. The Labute approximate surface area is 132 Å². The molecule has 19 heavy (non-hydrogen) atoms. The van der Waals surface area contributed by atoms with E-state index >= 15 is 0 Å². The molecule has 3 N–H and O–H groups in total. The number of amides is 2. The monoisotopic (exact) mass is 406 g/mol. The highest BCUT2D eigenvalue weighted by molar-refractivity contribution is 14.1. The summed E-state index contributed by atoms with van der Waals surface area (Å²) in [7, 11) is 0. The average molecular weight is 407 g/mol. The Morgan fingerprint density at radius 2 is 2.05 bits per heavy atom. The molecule has 7 heteroatoms. The highest BCUT2D eigenvalue weighted by atomic mass is 127. The van der Waals surface area contributed by atoms with E-state index in [1.165, 1.54) is 11.3 Å². The Morgan fingerprint density at radius 1 is 1.32 bits per heavy atom. The number of hydrogen-bond acceptors (Lipinski definition) is 3. The van der Waals surface area contributed by atoms with Crippen molar-refractivity contribution in [3.8, 4) is 0 Å². The summed E-state index contributed by atoms with van der Waals surface area (Å²) in [6, 6.07) is 6.57. The average Bonchev–Trinajstić information content (AvgIpc) is 2.80. The lowest BCUT2D eigenvalue weighted by Crippen LogP contribution is -2.16. The van der Waals surface area contributed by atoms with Crippen LogP contribution in [0.3, 0.4) is 0 Å². The third-order valence-electron chi connectivity index (χ3n) is 2.34. The van der Waals surface area contributed by atoms with Gasteiger partial charge >= 0.3 is 0 Å². The molecule has 0 aliphatic rings. The van der Waals surface area contributed by atoms with Gasteiger partial charge in [0.1, 0.15) is 5.00 Å². The van der Waals surface area contributed by atoms with Gasteiger partial charge in [0.2, 0.25) is 0 Å². The molecule has 2 amide bonds. The fourth-order valence-electron chi connectivity index (χ4n) is 1.41. The van der Waals surface area contributed by atoms with Gasteiger partial charge in [-0.05, 0) is 52.2 Å². The van der Waals surface area contributed by atoms with Crippen molar-refractivity contribution in [1.82, 2.24) is 0 Å². The molecule has 2 aromatic rings. The Balaban J connectivity index is 2.23. The normalized spacial score (nSPS) is 10.2. The summed E-state index contributed by atoms with van der Waals surface area (Å²) in [5.41, 5.74) is 5.94. The molecule has 1 aromatic carbocycles. The zero-order valence-electron chi connectivity index (χ0n) is 9.44. The number of halogens is 2. The number of anilines is 1. The highest BCUT2D eigenvalue weighted by Gasteiger charge is 2.14. The van der Waals surface area contributed by atoms with Crippen molar-refractivity contribution >= 4 is 62.3 Å². The number of rotatable bonds is 3. The number of benzene rings is 1. The van der Waals surface area contributed by atoms with Crippen molar-refractivity contribution in [1.29, 1.82) is 0 Å². The van der Waals surface area contributed by atoms with Gasteiger partial charge in [0.25, 0.3) is 11.8 Å². The van der Waals surface area contributed by atoms with Gasteiger partial charge in [-0.2, -0.15) is 0 Å². The summed E-state index contributed by atoms with van der Waals surface area (Å²) >= 11 is 9.28. The predicted molar refractivity (Wildman–Crippen MR) is 85.0 cm³/mol. The van der Waals surface area contributed by atoms with Crippen molar-refractivity contribution in [2.75, 3.05) is 5.32 Å². The standard InChI is InChI=1S/C12H8ClIN2O2S/c13-8-5-6(1-2-9(8)14)11(18)16-12-7(10(15)17)3-4-19-12/h1-5H,(H2,15,17)(H,16,18). The third-order valence-corrected chi connectivity index (χ3v) is 4.74. The van der Waals surface area contributed by atoms with E-state index in [4.69, 9.17) is 17.3 Å². The quantitative estimate of drug-likeness (QED) is 0.767. The largest absolute Gasteiger partial charge is 0.366 e. The highest BCUT2D eigenvalue weighted by Crippen LogP contribution is 2.24. The molecule has 0 bridgehead atoms. The maximum absolute atomic E-state index is 12.0. The molecule has 0 radical (unpaired) electrons. The zero-order chi connectivity index (χ0) is 14.0. The van der Waals surface area contributed by atoms with E-state index in [0.29, 0.717) is 21.2 Å². The van der Waals surface area contributed by atoms with Crippen LogP contribution in [0.25, 0.3) is 0 Å². The lowest BCUT2D eigenvalue weighted by Gasteiger charge is -2.05. The van der Waals surface area contributed by atoms with Crippen molar-refractivity contribution in [3.05, 3.63) is 49.4 Å². The number of carbonyl (C=O) groups excluding carboxylic acids is 2. The molecule has 0 fully saturated rings. The van der Waals surface area contributed by atoms with Crippen LogP contribution in [-0.2, 0) is 0 Å². The van der Waals surface area contributed by atoms with Crippen LogP contribution in [0.1, 0.15) is 20.7 Å². The van der Waals surface area contributed by atoms with Crippen LogP contribution in [0.5, 0.6) is 0 Å². The van der Waals surface area contributed by atoms with Crippen LogP contribution in [0.2, 0.25) is 5.02 Å². The molecule has 4 nitrogen and oxygen atoms in total. The second-order valence-corrected chi connectivity index (χ2v) is 6.10. The Bertz CT molecular complexity index is 657. The summed E-state index contributed by atoms with van der Waals surface area (Å²) in [4.78, 5) is 23.2. The van der Waals surface area contributed by atoms with Crippen LogP contribution >= 0.6 is 45.5 Å². The molecule has 0 unspecified atom stereocenters. The Hall–Kier alpha value is -1.12. The van der Waals surface area contributed by atoms with E-state index in [2.05, 4.69) is 27.9 Å². The molecule has 0 aliphatic heterocycles. The van der Waals surface area contributed by atoms with E-state index < -0.39 is 5.91 Å². The lowest BCUT2D eigenvalue weighted by atomic mass is 10.2. The second kappa shape index (κ2) is 5.89. The number of thiophene rings is 1. The maximum atomic E-state index is 12.0. The first-order valence-electron chi connectivity index (χ1n) is 5.12. The topological polar surface area (TPSA) is 72.2 Å². The number of nitrogens with two attached hydrogens (primary N) is 1. The third kappa shape index (κ3) is 3.26. The number of nitrogens with one attached hydrogen (secondary N) is 1. The summed E-state index contributed by atoms with van der Waals surface area (Å²) in [5, 5.41) is 5.29. The van der Waals surface area contributed by atoms with Crippen molar-refractivity contribution in [2.45, 2.75) is 0 Å². The molecule has 0 saturated heterocycles. The fraction of sp³-hybridized carbons (Fsp3) is 0. The van der Waals surface area contributed by atoms with E-state index in [0.717, 1.165) is 3.57 Å². The molecule has 1 aromatic heterocycles. The summed E-state index contributed by atoms with van der Waals surface area (Å²) in [6.45, 7) is 0. The van der Waals surface area contributed by atoms with Crippen LogP contribution in [-0.4, -0.2) is 11.8 Å². The molecular formula is C12H8ClIN2O2S. The molecule has 0 aliphatic carbocycles. The van der Waals surface area contributed by atoms with Crippen molar-refractivity contribution < 1.29 is 9.59 Å². The SMILES string of the molecule is NC(=O)c1ccsc1NC(=O)c1ccc(I)c(Cl)c1. The smallest absolute Gasteiger partial charge is 0.256 e. The van der Waals surface area contributed by atoms with Crippen LogP contribution < -0.4 is 11.1 Å². The summed E-state index contributed by atoms with van der Waals surface area (Å²) in [5.74, 6) is -0.902. The molecule has 98 valence electrons. The van der Waals surface area contributed by atoms with Gasteiger partial charge in [-0.1, -0.05) is 11.6 Å². The second-order valence-electron chi connectivity index (χ2n) is 3.61. The van der Waals surface area contributed by atoms with E-state index in [9.17, 15) is 9.59 Å². The predicted octanol–water partition coefficient (Wildman–Crippen LogP) is 3.36. The molecular weight excluding hydrogens is 399 g/mol. The Morgan fingerprint density at radius 3 is 2.68 bits per heavy atom. The number of primary amides is 1. The maximum Gasteiger partial charge on any atom is 0.256 e. The Kier molecular flexibility index (Phi) is 4.43. The number of hydrogen-bond donors (Lipinski definition) is 2. The minimum atomic E-state index is -0.572. The minimum Gasteiger partial charge on any atom is -0.366 e. The van der Waals surface area contributed by atoms with Gasteiger partial charge in [0, 0.05) is 9.13 Å². The first-order chi connectivity index (χ1) is 8.99. The van der Waals surface area contributed by atoms with Gasteiger partial charge in [-0.3, -0.25) is 9.59 Å². The zero-order valence-corrected chi connectivity index (χ0v) is 13.2. The molecule has 0 spiro atoms. The van der Waals surface area contributed by atoms with Crippen molar-refractivity contribution in [2.24, 2.45) is 5.73 Å². The van der Waals surface area contributed by atoms with Crippen LogP contribution in [0.15, 0.2) is 29.6 Å². The first-order valence-corrected chi connectivity index (χ1v) is 7.46. The van der Waals surface area contributed by atoms with Gasteiger partial charge in [-0.25, -0.2) is 0 Å². The van der Waals surface area contributed by atoms with Crippen LogP contribution in [0.4, 0.5) is 5.00 Å². The molecule has 1 heterocycles. The fourth-order valence-corrected chi connectivity index (χ4v) is 2.72.